The van der Waals surface area contributed by atoms with Gasteiger partial charge in [0.05, 0.1) is 15.2 Å². The molecule has 2 heterocycles. The Morgan fingerprint density at radius 1 is 1.10 bits per heavy atom. The van der Waals surface area contributed by atoms with Gasteiger partial charge in [-0.15, -0.1) is 11.3 Å². The predicted molar refractivity (Wildman–Crippen MR) is 123 cm³/mol. The van der Waals surface area contributed by atoms with Crippen molar-refractivity contribution in [1.29, 1.82) is 0 Å². The quantitative estimate of drug-likeness (QED) is 0.534. The largest absolute Gasteiger partial charge is 0.346 e. The van der Waals surface area contributed by atoms with Gasteiger partial charge in [-0.1, -0.05) is 42.5 Å². The fourth-order valence-electron chi connectivity index (χ4n) is 4.02. The first kappa shape index (κ1) is 21.0. The highest BCUT2D eigenvalue weighted by molar-refractivity contribution is 7.18. The van der Waals surface area contributed by atoms with E-state index >= 15 is 0 Å². The smallest absolute Gasteiger partial charge is 0.222 e. The molecule has 3 aromatic rings. The van der Waals surface area contributed by atoms with Crippen molar-refractivity contribution in [1.82, 2.24) is 20.7 Å². The van der Waals surface area contributed by atoms with Gasteiger partial charge in [0.15, 0.2) is 0 Å². The zero-order valence-corrected chi connectivity index (χ0v) is 18.3. The van der Waals surface area contributed by atoms with Crippen molar-refractivity contribution in [2.45, 2.75) is 50.6 Å². The molecule has 5 nitrogen and oxygen atoms in total. The van der Waals surface area contributed by atoms with Crippen LogP contribution in [0, 0.1) is 0 Å². The van der Waals surface area contributed by atoms with Gasteiger partial charge in [0.2, 0.25) is 5.91 Å². The molecule has 4 rings (SSSR count). The van der Waals surface area contributed by atoms with Gasteiger partial charge in [-0.05, 0) is 49.8 Å². The van der Waals surface area contributed by atoms with Gasteiger partial charge >= 0.3 is 0 Å². The number of para-hydroxylation sites is 1. The molecule has 2 aromatic carbocycles. The van der Waals surface area contributed by atoms with Gasteiger partial charge in [-0.3, -0.25) is 15.6 Å². The van der Waals surface area contributed by atoms with Crippen LogP contribution in [0.1, 0.15) is 48.7 Å². The predicted octanol–water partition coefficient (Wildman–Crippen LogP) is 4.47. The molecule has 0 aliphatic carbocycles. The fourth-order valence-corrected chi connectivity index (χ4v) is 5.03. The molecule has 1 amide bonds. The Morgan fingerprint density at radius 2 is 1.90 bits per heavy atom. The van der Waals surface area contributed by atoms with Gasteiger partial charge in [0.25, 0.3) is 0 Å². The maximum atomic E-state index is 12.5. The van der Waals surface area contributed by atoms with Crippen molar-refractivity contribution < 1.29 is 4.79 Å². The lowest BCUT2D eigenvalue weighted by Crippen LogP contribution is -2.32. The number of nitrogens with zero attached hydrogens (tertiary/aromatic N) is 2. The van der Waals surface area contributed by atoms with Crippen molar-refractivity contribution in [3.8, 4) is 0 Å². The standard InChI is InChI=1S/C24H30N4OS/c1-28(16-8-11-19-17-21(27-26-19)18-9-3-2-4-10-18)24(29)15-7-14-23-25-20-12-5-6-13-22(20)30-23/h2-6,9-10,12-13,19,21,26-27H,7-8,11,14-17H2,1H3. The SMILES string of the molecule is CN(CCCC1CC(c2ccccc2)NN1)C(=O)CCCc1nc2ccccc2s1. The number of rotatable bonds is 9. The number of fused-ring (bicyclic) bond motifs is 1. The molecule has 1 aromatic heterocycles. The number of aryl methyl sites for hydroxylation is 1. The highest BCUT2D eigenvalue weighted by Crippen LogP contribution is 2.24. The average Bonchev–Trinajstić information content (AvgIpc) is 3.41. The van der Waals surface area contributed by atoms with Crippen LogP contribution in [0.25, 0.3) is 10.2 Å². The van der Waals surface area contributed by atoms with E-state index in [1.807, 2.05) is 30.1 Å². The van der Waals surface area contributed by atoms with E-state index in [-0.39, 0.29) is 5.91 Å². The van der Waals surface area contributed by atoms with E-state index < -0.39 is 0 Å². The minimum atomic E-state index is 0.232. The Labute approximate surface area is 182 Å². The minimum Gasteiger partial charge on any atom is -0.346 e. The average molecular weight is 423 g/mol. The second-order valence-electron chi connectivity index (χ2n) is 8.07. The topological polar surface area (TPSA) is 57.3 Å². The molecule has 1 aliphatic rings. The maximum absolute atomic E-state index is 12.5. The summed E-state index contributed by atoms with van der Waals surface area (Å²) in [5.74, 6) is 0.232. The highest BCUT2D eigenvalue weighted by Gasteiger charge is 2.24. The molecule has 1 saturated heterocycles. The molecule has 6 heteroatoms. The Kier molecular flexibility index (Phi) is 7.10. The van der Waals surface area contributed by atoms with E-state index in [1.54, 1.807) is 11.3 Å². The monoisotopic (exact) mass is 422 g/mol. The highest BCUT2D eigenvalue weighted by atomic mass is 32.1. The number of carbonyl (C=O) groups is 1. The Balaban J connectivity index is 1.13. The van der Waals surface area contributed by atoms with E-state index in [4.69, 9.17) is 0 Å². The van der Waals surface area contributed by atoms with Gasteiger partial charge in [-0.25, -0.2) is 4.98 Å². The molecule has 0 spiro atoms. The molecule has 0 bridgehead atoms. The third-order valence-electron chi connectivity index (χ3n) is 5.78. The Morgan fingerprint density at radius 3 is 2.73 bits per heavy atom. The molecular formula is C24H30N4OS. The minimum absolute atomic E-state index is 0.232. The van der Waals surface area contributed by atoms with Crippen molar-refractivity contribution in [2.24, 2.45) is 0 Å². The van der Waals surface area contributed by atoms with Crippen LogP contribution in [0.3, 0.4) is 0 Å². The van der Waals surface area contributed by atoms with Crippen molar-refractivity contribution in [2.75, 3.05) is 13.6 Å². The first-order valence-corrected chi connectivity index (χ1v) is 11.6. The van der Waals surface area contributed by atoms with Crippen LogP contribution in [0.15, 0.2) is 54.6 Å². The third-order valence-corrected chi connectivity index (χ3v) is 6.87. The lowest BCUT2D eigenvalue weighted by Gasteiger charge is -2.18. The van der Waals surface area contributed by atoms with Crippen LogP contribution >= 0.6 is 11.3 Å². The summed E-state index contributed by atoms with van der Waals surface area (Å²) >= 11 is 1.73. The fraction of sp³-hybridized carbons (Fsp3) is 0.417. The van der Waals surface area contributed by atoms with E-state index in [2.05, 4.69) is 52.2 Å². The molecular weight excluding hydrogens is 392 g/mol. The molecule has 0 saturated carbocycles. The molecule has 2 unspecified atom stereocenters. The van der Waals surface area contributed by atoms with E-state index in [1.165, 1.54) is 10.3 Å². The first-order valence-electron chi connectivity index (χ1n) is 10.8. The zero-order valence-electron chi connectivity index (χ0n) is 17.5. The lowest BCUT2D eigenvalue weighted by atomic mass is 10.00. The maximum Gasteiger partial charge on any atom is 0.222 e. The van der Waals surface area contributed by atoms with Crippen LogP contribution in [0.5, 0.6) is 0 Å². The summed E-state index contributed by atoms with van der Waals surface area (Å²) in [6.07, 6.45) is 5.49. The zero-order chi connectivity index (χ0) is 20.8. The van der Waals surface area contributed by atoms with E-state index in [0.29, 0.717) is 18.5 Å². The van der Waals surface area contributed by atoms with Gasteiger partial charge in [0, 0.05) is 32.1 Å². The molecule has 158 valence electrons. The summed E-state index contributed by atoms with van der Waals surface area (Å²) in [5.41, 5.74) is 9.20. The van der Waals surface area contributed by atoms with Gasteiger partial charge < -0.3 is 4.90 Å². The second-order valence-corrected chi connectivity index (χ2v) is 9.19. The van der Waals surface area contributed by atoms with Crippen LogP contribution < -0.4 is 10.9 Å². The molecule has 1 fully saturated rings. The molecule has 1 aliphatic heterocycles. The van der Waals surface area contributed by atoms with Crippen molar-refractivity contribution >= 4 is 27.5 Å². The van der Waals surface area contributed by atoms with Crippen LogP contribution in [-0.4, -0.2) is 35.4 Å². The van der Waals surface area contributed by atoms with Crippen LogP contribution in [-0.2, 0) is 11.2 Å². The van der Waals surface area contributed by atoms with E-state index in [9.17, 15) is 4.79 Å². The molecule has 0 radical (unpaired) electrons. The summed E-state index contributed by atoms with van der Waals surface area (Å²) in [6.45, 7) is 0.814. The normalized spacial score (nSPS) is 18.7. The Hall–Kier alpha value is -2.28. The van der Waals surface area contributed by atoms with Crippen LogP contribution in [0.2, 0.25) is 0 Å². The number of hydrogen-bond acceptors (Lipinski definition) is 5. The van der Waals surface area contributed by atoms with Gasteiger partial charge in [-0.2, -0.15) is 0 Å². The summed E-state index contributed by atoms with van der Waals surface area (Å²) in [7, 11) is 1.92. The Bertz CT molecular complexity index is 925. The number of aromatic nitrogens is 1. The number of thiazole rings is 1. The summed E-state index contributed by atoms with van der Waals surface area (Å²) < 4.78 is 1.22. The number of hydrogen-bond donors (Lipinski definition) is 2. The van der Waals surface area contributed by atoms with Crippen molar-refractivity contribution in [3.63, 3.8) is 0 Å². The number of nitrogens with one attached hydrogen (secondary N) is 2. The number of hydrazine groups is 1. The molecule has 2 N–H and O–H groups in total. The second kappa shape index (κ2) is 10.2. The number of benzene rings is 2. The number of amides is 1. The first-order chi connectivity index (χ1) is 14.7. The third kappa shape index (κ3) is 5.45. The van der Waals surface area contributed by atoms with E-state index in [0.717, 1.165) is 49.2 Å². The summed E-state index contributed by atoms with van der Waals surface area (Å²) in [5, 5.41) is 1.12. The van der Waals surface area contributed by atoms with Crippen molar-refractivity contribution in [3.05, 3.63) is 65.2 Å². The van der Waals surface area contributed by atoms with Gasteiger partial charge in [0.1, 0.15) is 0 Å². The molecule has 2 atom stereocenters. The molecule has 30 heavy (non-hydrogen) atoms. The van der Waals surface area contributed by atoms with Crippen LogP contribution in [0.4, 0.5) is 0 Å². The number of carbonyl (C=O) groups excluding carboxylic acids is 1. The summed E-state index contributed by atoms with van der Waals surface area (Å²) in [6, 6.07) is 19.6. The summed E-state index contributed by atoms with van der Waals surface area (Å²) in [4.78, 5) is 19.0. The lowest BCUT2D eigenvalue weighted by molar-refractivity contribution is -0.130.